The zero-order valence-electron chi connectivity index (χ0n) is 13.0. The first kappa shape index (κ1) is 13.8. The molecule has 1 aromatic carbocycles. The topological polar surface area (TPSA) is 48.5 Å². The smallest absolute Gasteiger partial charge is 0.146 e. The van der Waals surface area contributed by atoms with Crippen LogP contribution in [-0.4, -0.2) is 24.3 Å². The first-order valence-electron chi connectivity index (χ1n) is 7.33. The third-order valence-electron chi connectivity index (χ3n) is 3.78. The van der Waals surface area contributed by atoms with Crippen molar-refractivity contribution in [3.8, 4) is 0 Å². The van der Waals surface area contributed by atoms with Gasteiger partial charge in [-0.3, -0.25) is 0 Å². The minimum atomic E-state index is 0.551. The Morgan fingerprint density at radius 2 is 1.86 bits per heavy atom. The summed E-state index contributed by atoms with van der Waals surface area (Å²) in [7, 11) is 0. The summed E-state index contributed by atoms with van der Waals surface area (Å²) in [6.07, 6.45) is 3.52. The molecule has 0 saturated heterocycles. The molecule has 0 bridgehead atoms. The second kappa shape index (κ2) is 5.31. The highest BCUT2D eigenvalue weighted by atomic mass is 15.3. The average Bonchev–Trinajstić information content (AvgIpc) is 2.99. The van der Waals surface area contributed by atoms with Crippen molar-refractivity contribution in [3.05, 3.63) is 41.7 Å². The van der Waals surface area contributed by atoms with Gasteiger partial charge < -0.3 is 4.57 Å². The minimum absolute atomic E-state index is 0.551. The average molecular weight is 283 g/mol. The summed E-state index contributed by atoms with van der Waals surface area (Å²) >= 11 is 0. The highest BCUT2D eigenvalue weighted by molar-refractivity contribution is 5.77. The van der Waals surface area contributed by atoms with Crippen LogP contribution in [0.5, 0.6) is 0 Å². The van der Waals surface area contributed by atoms with Crippen molar-refractivity contribution in [2.45, 2.75) is 40.8 Å². The van der Waals surface area contributed by atoms with E-state index in [-0.39, 0.29) is 0 Å². The SMILES string of the molecule is Cc1cc2ncn(Cc3ncnn3CC(C)C)c2cc1C. The first-order chi connectivity index (χ1) is 10.0. The maximum absolute atomic E-state index is 4.50. The molecule has 0 aliphatic rings. The molecule has 0 aliphatic carbocycles. The Morgan fingerprint density at radius 1 is 1.10 bits per heavy atom. The third-order valence-corrected chi connectivity index (χ3v) is 3.78. The number of aryl methyl sites for hydroxylation is 2. The molecular weight excluding hydrogens is 262 g/mol. The van der Waals surface area contributed by atoms with Crippen LogP contribution in [0.4, 0.5) is 0 Å². The van der Waals surface area contributed by atoms with Crippen molar-refractivity contribution >= 4 is 11.0 Å². The second-order valence-corrected chi connectivity index (χ2v) is 6.05. The molecule has 21 heavy (non-hydrogen) atoms. The largest absolute Gasteiger partial charge is 0.323 e. The molecular formula is C16H21N5. The fraction of sp³-hybridized carbons (Fsp3) is 0.438. The number of hydrogen-bond donors (Lipinski definition) is 0. The first-order valence-corrected chi connectivity index (χ1v) is 7.33. The molecule has 3 rings (SSSR count). The summed E-state index contributed by atoms with van der Waals surface area (Å²) < 4.78 is 4.13. The van der Waals surface area contributed by atoms with Gasteiger partial charge in [-0.25, -0.2) is 14.6 Å². The molecule has 0 fully saturated rings. The van der Waals surface area contributed by atoms with Crippen molar-refractivity contribution in [2.24, 2.45) is 5.92 Å². The third kappa shape index (κ3) is 2.68. The molecule has 0 unspecified atom stereocenters. The molecule has 2 aromatic heterocycles. The zero-order valence-corrected chi connectivity index (χ0v) is 13.0. The molecule has 0 aliphatic heterocycles. The van der Waals surface area contributed by atoms with E-state index < -0.39 is 0 Å². The Morgan fingerprint density at radius 3 is 2.62 bits per heavy atom. The van der Waals surface area contributed by atoms with E-state index in [2.05, 4.69) is 59.5 Å². The molecule has 110 valence electrons. The van der Waals surface area contributed by atoms with Gasteiger partial charge in [0, 0.05) is 6.54 Å². The molecule has 0 amide bonds. The lowest BCUT2D eigenvalue weighted by molar-refractivity contribution is 0.461. The summed E-state index contributed by atoms with van der Waals surface area (Å²) in [5.74, 6) is 1.52. The van der Waals surface area contributed by atoms with Crippen LogP contribution in [-0.2, 0) is 13.1 Å². The Hall–Kier alpha value is -2.17. The van der Waals surface area contributed by atoms with E-state index in [9.17, 15) is 0 Å². The zero-order chi connectivity index (χ0) is 15.0. The van der Waals surface area contributed by atoms with E-state index in [0.29, 0.717) is 12.5 Å². The molecule has 3 aromatic rings. The van der Waals surface area contributed by atoms with Gasteiger partial charge in [0.2, 0.25) is 0 Å². The predicted molar refractivity (Wildman–Crippen MR) is 83.2 cm³/mol. The number of imidazole rings is 1. The van der Waals surface area contributed by atoms with Crippen molar-refractivity contribution in [1.29, 1.82) is 0 Å². The molecule has 0 radical (unpaired) electrons. The lowest BCUT2D eigenvalue weighted by Gasteiger charge is -2.10. The molecule has 0 N–H and O–H groups in total. The lowest BCUT2D eigenvalue weighted by Crippen LogP contribution is -2.13. The van der Waals surface area contributed by atoms with Crippen LogP contribution in [0, 0.1) is 19.8 Å². The van der Waals surface area contributed by atoms with Gasteiger partial charge in [-0.1, -0.05) is 13.8 Å². The number of aromatic nitrogens is 5. The maximum atomic E-state index is 4.50. The van der Waals surface area contributed by atoms with Crippen molar-refractivity contribution in [3.63, 3.8) is 0 Å². The molecule has 5 heteroatoms. The van der Waals surface area contributed by atoms with Crippen LogP contribution >= 0.6 is 0 Å². The van der Waals surface area contributed by atoms with Gasteiger partial charge in [-0.05, 0) is 43.0 Å². The monoisotopic (exact) mass is 283 g/mol. The fourth-order valence-electron chi connectivity index (χ4n) is 2.50. The van der Waals surface area contributed by atoms with Gasteiger partial charge in [0.05, 0.1) is 23.9 Å². The minimum Gasteiger partial charge on any atom is -0.323 e. The Balaban J connectivity index is 1.95. The molecule has 0 spiro atoms. The van der Waals surface area contributed by atoms with Crippen molar-refractivity contribution in [1.82, 2.24) is 24.3 Å². The summed E-state index contributed by atoms with van der Waals surface area (Å²) in [5, 5.41) is 4.32. The number of benzene rings is 1. The molecule has 5 nitrogen and oxygen atoms in total. The normalized spacial score (nSPS) is 11.7. The summed E-state index contributed by atoms with van der Waals surface area (Å²) in [5.41, 5.74) is 4.74. The number of nitrogens with zero attached hydrogens (tertiary/aromatic N) is 5. The van der Waals surface area contributed by atoms with Crippen molar-refractivity contribution < 1.29 is 0 Å². The maximum Gasteiger partial charge on any atom is 0.146 e. The second-order valence-electron chi connectivity index (χ2n) is 6.05. The van der Waals surface area contributed by atoms with Gasteiger partial charge in [-0.15, -0.1) is 0 Å². The lowest BCUT2D eigenvalue weighted by atomic mass is 10.1. The highest BCUT2D eigenvalue weighted by Crippen LogP contribution is 2.19. The van der Waals surface area contributed by atoms with Crippen LogP contribution in [0.1, 0.15) is 30.8 Å². The number of rotatable bonds is 4. The van der Waals surface area contributed by atoms with E-state index in [4.69, 9.17) is 0 Å². The van der Waals surface area contributed by atoms with Crippen molar-refractivity contribution in [2.75, 3.05) is 0 Å². The predicted octanol–water partition coefficient (Wildman–Crippen LogP) is 2.95. The van der Waals surface area contributed by atoms with Gasteiger partial charge in [0.15, 0.2) is 0 Å². The van der Waals surface area contributed by atoms with Crippen LogP contribution in [0.25, 0.3) is 11.0 Å². The number of fused-ring (bicyclic) bond motifs is 1. The highest BCUT2D eigenvalue weighted by Gasteiger charge is 2.10. The van der Waals surface area contributed by atoms with Crippen LogP contribution < -0.4 is 0 Å². The standard InChI is InChI=1S/C16H21N5/c1-11(2)7-21-16(17-9-19-21)8-20-10-18-14-5-12(3)13(4)6-15(14)20/h5-6,9-11H,7-8H2,1-4H3. The Bertz CT molecular complexity index is 766. The quantitative estimate of drug-likeness (QED) is 0.739. The van der Waals surface area contributed by atoms with E-state index in [1.807, 2.05) is 11.0 Å². The molecule has 2 heterocycles. The van der Waals surface area contributed by atoms with Crippen LogP contribution in [0.3, 0.4) is 0 Å². The summed E-state index contributed by atoms with van der Waals surface area (Å²) in [6, 6.07) is 4.33. The molecule has 0 saturated carbocycles. The van der Waals surface area contributed by atoms with Gasteiger partial charge in [-0.2, -0.15) is 5.10 Å². The summed E-state index contributed by atoms with van der Waals surface area (Å²) in [6.45, 7) is 10.2. The summed E-state index contributed by atoms with van der Waals surface area (Å²) in [4.78, 5) is 8.89. The van der Waals surface area contributed by atoms with E-state index >= 15 is 0 Å². The Kier molecular flexibility index (Phi) is 3.49. The number of hydrogen-bond acceptors (Lipinski definition) is 3. The van der Waals surface area contributed by atoms with Gasteiger partial charge >= 0.3 is 0 Å². The van der Waals surface area contributed by atoms with Gasteiger partial charge in [0.1, 0.15) is 12.2 Å². The van der Waals surface area contributed by atoms with Gasteiger partial charge in [0.25, 0.3) is 0 Å². The molecule has 0 atom stereocenters. The van der Waals surface area contributed by atoms with E-state index in [1.165, 1.54) is 11.1 Å². The van der Waals surface area contributed by atoms with E-state index in [1.54, 1.807) is 6.33 Å². The fourth-order valence-corrected chi connectivity index (χ4v) is 2.50. The van der Waals surface area contributed by atoms with E-state index in [0.717, 1.165) is 23.4 Å². The Labute approximate surface area is 124 Å². The van der Waals surface area contributed by atoms with Crippen LogP contribution in [0.15, 0.2) is 24.8 Å². The van der Waals surface area contributed by atoms with Crippen LogP contribution in [0.2, 0.25) is 0 Å².